The topological polar surface area (TPSA) is 77.5 Å². The van der Waals surface area contributed by atoms with Gasteiger partial charge in [0, 0.05) is 18.3 Å². The van der Waals surface area contributed by atoms with Crippen molar-refractivity contribution in [2.24, 2.45) is 0 Å². The molecule has 0 amide bonds. The quantitative estimate of drug-likeness (QED) is 0.837. The molecular weight excluding hydrogens is 353 g/mol. The molecule has 3 rings (SSSR count). The SMILES string of the molecule is O=C(O[C@H]1CCOC1=O)c1cccnc1Nc1cccc(C(F)(F)F)c1. The molecule has 0 saturated carbocycles. The first-order valence-corrected chi connectivity index (χ1v) is 7.61. The molecule has 1 aliphatic rings. The number of esters is 2. The molecule has 1 aliphatic heterocycles. The number of nitrogens with one attached hydrogen (secondary N) is 1. The summed E-state index contributed by atoms with van der Waals surface area (Å²) in [4.78, 5) is 27.7. The molecule has 1 fully saturated rings. The first kappa shape index (κ1) is 17.7. The van der Waals surface area contributed by atoms with E-state index >= 15 is 0 Å². The summed E-state index contributed by atoms with van der Waals surface area (Å²) < 4.78 is 48.3. The Morgan fingerprint density at radius 2 is 2.08 bits per heavy atom. The number of carbonyl (C=O) groups is 2. The van der Waals surface area contributed by atoms with E-state index in [0.29, 0.717) is 0 Å². The van der Waals surface area contributed by atoms with Crippen molar-refractivity contribution in [1.29, 1.82) is 0 Å². The van der Waals surface area contributed by atoms with Gasteiger partial charge in [-0.05, 0) is 30.3 Å². The molecule has 0 unspecified atom stereocenters. The molecule has 26 heavy (non-hydrogen) atoms. The van der Waals surface area contributed by atoms with Crippen molar-refractivity contribution in [2.45, 2.75) is 18.7 Å². The van der Waals surface area contributed by atoms with Gasteiger partial charge in [0.2, 0.25) is 6.10 Å². The highest BCUT2D eigenvalue weighted by Gasteiger charge is 2.32. The summed E-state index contributed by atoms with van der Waals surface area (Å²) in [7, 11) is 0. The van der Waals surface area contributed by atoms with Gasteiger partial charge in [-0.1, -0.05) is 6.07 Å². The maximum Gasteiger partial charge on any atom is 0.416 e. The number of carbonyl (C=O) groups excluding carboxylic acids is 2. The Morgan fingerprint density at radius 1 is 1.27 bits per heavy atom. The fraction of sp³-hybridized carbons (Fsp3) is 0.235. The van der Waals surface area contributed by atoms with Crippen molar-refractivity contribution in [2.75, 3.05) is 11.9 Å². The third kappa shape index (κ3) is 3.93. The van der Waals surface area contributed by atoms with Crippen molar-refractivity contribution in [3.8, 4) is 0 Å². The van der Waals surface area contributed by atoms with Crippen LogP contribution in [0.5, 0.6) is 0 Å². The average Bonchev–Trinajstić information content (AvgIpc) is 2.99. The van der Waals surface area contributed by atoms with Gasteiger partial charge >= 0.3 is 18.1 Å². The molecule has 1 atom stereocenters. The number of hydrogen-bond donors (Lipinski definition) is 1. The first-order chi connectivity index (χ1) is 12.3. The van der Waals surface area contributed by atoms with Crippen molar-refractivity contribution in [1.82, 2.24) is 4.98 Å². The van der Waals surface area contributed by atoms with Crippen molar-refractivity contribution in [3.05, 3.63) is 53.7 Å². The highest BCUT2D eigenvalue weighted by molar-refractivity contribution is 5.96. The maximum atomic E-state index is 12.8. The summed E-state index contributed by atoms with van der Waals surface area (Å²) in [5.74, 6) is -1.44. The largest absolute Gasteiger partial charge is 0.463 e. The van der Waals surface area contributed by atoms with Gasteiger partial charge in [0.25, 0.3) is 0 Å². The Morgan fingerprint density at radius 3 is 2.77 bits per heavy atom. The molecule has 0 aliphatic carbocycles. The lowest BCUT2D eigenvalue weighted by Gasteiger charge is -2.13. The number of nitrogens with zero attached hydrogens (tertiary/aromatic N) is 1. The Labute approximate surface area is 145 Å². The van der Waals surface area contributed by atoms with Gasteiger partial charge in [-0.25, -0.2) is 14.6 Å². The molecule has 2 aromatic rings. The van der Waals surface area contributed by atoms with Crippen molar-refractivity contribution < 1.29 is 32.2 Å². The molecule has 1 N–H and O–H groups in total. The lowest BCUT2D eigenvalue weighted by Crippen LogP contribution is -2.23. The average molecular weight is 366 g/mol. The van der Waals surface area contributed by atoms with Crippen LogP contribution in [0, 0.1) is 0 Å². The number of rotatable bonds is 4. The van der Waals surface area contributed by atoms with E-state index in [1.54, 1.807) is 0 Å². The lowest BCUT2D eigenvalue weighted by molar-refractivity contribution is -0.145. The van der Waals surface area contributed by atoms with E-state index in [-0.39, 0.29) is 30.1 Å². The second kappa shape index (κ2) is 7.03. The highest BCUT2D eigenvalue weighted by atomic mass is 19.4. The number of aromatic nitrogens is 1. The number of benzene rings is 1. The van der Waals surface area contributed by atoms with Crippen LogP contribution in [0.25, 0.3) is 0 Å². The molecule has 0 radical (unpaired) electrons. The zero-order valence-electron chi connectivity index (χ0n) is 13.2. The molecule has 2 heterocycles. The van der Waals surface area contributed by atoms with Crippen LogP contribution in [-0.4, -0.2) is 29.6 Å². The number of cyclic esters (lactones) is 1. The Balaban J connectivity index is 1.81. The monoisotopic (exact) mass is 366 g/mol. The normalized spacial score (nSPS) is 16.9. The second-order valence-corrected chi connectivity index (χ2v) is 5.45. The minimum absolute atomic E-state index is 0.00962. The van der Waals surface area contributed by atoms with Crippen LogP contribution in [0.15, 0.2) is 42.6 Å². The van der Waals surface area contributed by atoms with Gasteiger partial charge in [0.05, 0.1) is 12.2 Å². The highest BCUT2D eigenvalue weighted by Crippen LogP contribution is 2.31. The van der Waals surface area contributed by atoms with E-state index in [9.17, 15) is 22.8 Å². The van der Waals surface area contributed by atoms with E-state index in [1.165, 1.54) is 30.5 Å². The fourth-order valence-electron chi connectivity index (χ4n) is 2.36. The third-order valence-corrected chi connectivity index (χ3v) is 3.62. The van der Waals surface area contributed by atoms with Gasteiger partial charge < -0.3 is 14.8 Å². The maximum absolute atomic E-state index is 12.8. The van der Waals surface area contributed by atoms with Gasteiger partial charge in [-0.15, -0.1) is 0 Å². The Bertz CT molecular complexity index is 839. The summed E-state index contributed by atoms with van der Waals surface area (Å²) >= 11 is 0. The predicted molar refractivity (Wildman–Crippen MR) is 83.7 cm³/mol. The predicted octanol–water partition coefficient (Wildman–Crippen LogP) is 3.32. The summed E-state index contributed by atoms with van der Waals surface area (Å²) in [6, 6.07) is 7.35. The minimum atomic E-state index is -4.49. The van der Waals surface area contributed by atoms with E-state index in [4.69, 9.17) is 9.47 Å². The van der Waals surface area contributed by atoms with Crippen molar-refractivity contribution in [3.63, 3.8) is 0 Å². The molecule has 0 spiro atoms. The standard InChI is InChI=1S/C17H13F3N2O4/c18-17(19,20)10-3-1-4-11(9-10)22-14-12(5-2-7-21-14)15(23)26-13-6-8-25-16(13)24/h1-5,7,9,13H,6,8H2,(H,21,22)/t13-/m0/s1. The number of alkyl halides is 3. The number of pyridine rings is 1. The number of ether oxygens (including phenoxy) is 2. The summed E-state index contributed by atoms with van der Waals surface area (Å²) in [5, 5.41) is 2.67. The van der Waals surface area contributed by atoms with Crippen LogP contribution < -0.4 is 5.32 Å². The second-order valence-electron chi connectivity index (χ2n) is 5.45. The van der Waals surface area contributed by atoms with Crippen LogP contribution in [0.2, 0.25) is 0 Å². The zero-order valence-corrected chi connectivity index (χ0v) is 13.2. The van der Waals surface area contributed by atoms with Gasteiger partial charge in [0.1, 0.15) is 11.4 Å². The first-order valence-electron chi connectivity index (χ1n) is 7.61. The van der Waals surface area contributed by atoms with Crippen LogP contribution in [0.3, 0.4) is 0 Å². The van der Waals surface area contributed by atoms with Crippen LogP contribution in [0.4, 0.5) is 24.7 Å². The molecule has 0 bridgehead atoms. The minimum Gasteiger partial charge on any atom is -0.463 e. The molecule has 9 heteroatoms. The lowest BCUT2D eigenvalue weighted by atomic mass is 10.2. The fourth-order valence-corrected chi connectivity index (χ4v) is 2.36. The molecular formula is C17H13F3N2O4. The number of hydrogen-bond acceptors (Lipinski definition) is 6. The summed E-state index contributed by atoms with van der Waals surface area (Å²) in [6.45, 7) is 0.166. The smallest absolute Gasteiger partial charge is 0.416 e. The summed E-state index contributed by atoms with van der Waals surface area (Å²) in [6.07, 6.45) is -3.87. The Hall–Kier alpha value is -3.10. The van der Waals surface area contributed by atoms with Crippen LogP contribution in [0.1, 0.15) is 22.3 Å². The molecule has 136 valence electrons. The Kier molecular flexibility index (Phi) is 4.79. The molecule has 6 nitrogen and oxygen atoms in total. The molecule has 1 aromatic carbocycles. The third-order valence-electron chi connectivity index (χ3n) is 3.62. The van der Waals surface area contributed by atoms with E-state index in [1.807, 2.05) is 0 Å². The van der Waals surface area contributed by atoms with E-state index in [2.05, 4.69) is 10.3 Å². The van der Waals surface area contributed by atoms with Gasteiger partial charge in [-0.3, -0.25) is 0 Å². The number of halogens is 3. The number of anilines is 2. The van der Waals surface area contributed by atoms with E-state index < -0.39 is 29.8 Å². The molecule has 1 saturated heterocycles. The van der Waals surface area contributed by atoms with Gasteiger partial charge in [0.15, 0.2) is 0 Å². The van der Waals surface area contributed by atoms with Crippen molar-refractivity contribution >= 4 is 23.4 Å². The van der Waals surface area contributed by atoms with Gasteiger partial charge in [-0.2, -0.15) is 13.2 Å². The van der Waals surface area contributed by atoms with Crippen LogP contribution >= 0.6 is 0 Å². The van der Waals surface area contributed by atoms with Crippen LogP contribution in [-0.2, 0) is 20.4 Å². The summed E-state index contributed by atoms with van der Waals surface area (Å²) in [5.41, 5.74) is -0.742. The van der Waals surface area contributed by atoms with E-state index in [0.717, 1.165) is 12.1 Å². The zero-order chi connectivity index (χ0) is 18.7. The molecule has 1 aromatic heterocycles.